The standard InChI is InChI=1S/C7H16.C6H10/c1-3-5-7-6-4-2;1-2-4-6-5-3-1/h3-7H2,1-2H3;1-2H,3-6H2. The Morgan fingerprint density at radius 1 is 0.769 bits per heavy atom. The summed E-state index contributed by atoms with van der Waals surface area (Å²) in [5.74, 6) is 0. The zero-order valence-electron chi connectivity index (χ0n) is 9.52. The van der Waals surface area contributed by atoms with E-state index in [1.807, 2.05) is 0 Å². The number of allylic oxidation sites excluding steroid dienone is 2. The third kappa shape index (κ3) is 11.7. The van der Waals surface area contributed by atoms with Gasteiger partial charge in [-0.1, -0.05) is 58.1 Å². The summed E-state index contributed by atoms with van der Waals surface area (Å²) < 4.78 is 0. The predicted molar refractivity (Wildman–Crippen MR) is 62.0 cm³/mol. The van der Waals surface area contributed by atoms with Crippen LogP contribution in [0, 0.1) is 0 Å². The van der Waals surface area contributed by atoms with Crippen molar-refractivity contribution in [2.24, 2.45) is 0 Å². The molecule has 13 heavy (non-hydrogen) atoms. The number of rotatable bonds is 4. The van der Waals surface area contributed by atoms with Crippen LogP contribution in [0.4, 0.5) is 0 Å². The van der Waals surface area contributed by atoms with E-state index in [1.165, 1.54) is 57.8 Å². The zero-order valence-corrected chi connectivity index (χ0v) is 9.52. The van der Waals surface area contributed by atoms with Crippen LogP contribution in [0.5, 0.6) is 0 Å². The van der Waals surface area contributed by atoms with Gasteiger partial charge in [0.15, 0.2) is 0 Å². The molecule has 0 nitrogen and oxygen atoms in total. The number of hydrogen-bond donors (Lipinski definition) is 0. The first-order chi connectivity index (χ1) is 6.41. The third-order valence-corrected chi connectivity index (χ3v) is 2.37. The quantitative estimate of drug-likeness (QED) is 0.419. The fourth-order valence-corrected chi connectivity index (χ4v) is 1.44. The second-order valence-corrected chi connectivity index (χ2v) is 3.82. The molecule has 0 unspecified atom stereocenters. The minimum atomic E-state index is 1.32. The van der Waals surface area contributed by atoms with Crippen LogP contribution >= 0.6 is 0 Å². The zero-order chi connectivity index (χ0) is 9.78. The normalized spacial score (nSPS) is 14.9. The van der Waals surface area contributed by atoms with Crippen LogP contribution in [0.2, 0.25) is 0 Å². The lowest BCUT2D eigenvalue weighted by Gasteiger charge is -1.97. The fourth-order valence-electron chi connectivity index (χ4n) is 1.44. The van der Waals surface area contributed by atoms with E-state index in [2.05, 4.69) is 26.0 Å². The largest absolute Gasteiger partial charge is 0.0885 e. The van der Waals surface area contributed by atoms with Crippen molar-refractivity contribution >= 4 is 0 Å². The smallest absolute Gasteiger partial charge is 0.0351 e. The average molecular weight is 182 g/mol. The van der Waals surface area contributed by atoms with Gasteiger partial charge in [0.05, 0.1) is 0 Å². The van der Waals surface area contributed by atoms with Crippen molar-refractivity contribution in [2.75, 3.05) is 0 Å². The molecule has 0 N–H and O–H groups in total. The molecule has 0 aromatic carbocycles. The van der Waals surface area contributed by atoms with Gasteiger partial charge in [0.25, 0.3) is 0 Å². The molecule has 0 fully saturated rings. The summed E-state index contributed by atoms with van der Waals surface area (Å²) in [6, 6.07) is 0. The van der Waals surface area contributed by atoms with Gasteiger partial charge >= 0.3 is 0 Å². The summed E-state index contributed by atoms with van der Waals surface area (Å²) in [4.78, 5) is 0. The van der Waals surface area contributed by atoms with Gasteiger partial charge in [-0.05, 0) is 25.7 Å². The summed E-state index contributed by atoms with van der Waals surface area (Å²) in [6.45, 7) is 4.49. The van der Waals surface area contributed by atoms with E-state index in [0.717, 1.165) is 0 Å². The van der Waals surface area contributed by atoms with E-state index >= 15 is 0 Å². The van der Waals surface area contributed by atoms with Crippen molar-refractivity contribution in [3.05, 3.63) is 12.2 Å². The van der Waals surface area contributed by atoms with Crippen LogP contribution < -0.4 is 0 Å². The highest BCUT2D eigenvalue weighted by atomic mass is 13.9. The first-order valence-corrected chi connectivity index (χ1v) is 6.06. The molecule has 0 atom stereocenters. The molecular weight excluding hydrogens is 156 g/mol. The topological polar surface area (TPSA) is 0 Å². The predicted octanol–water partition coefficient (Wildman–Crippen LogP) is 5.09. The van der Waals surface area contributed by atoms with Crippen molar-refractivity contribution < 1.29 is 0 Å². The Morgan fingerprint density at radius 2 is 1.23 bits per heavy atom. The SMILES string of the molecule is C1=CCCCC1.CCCCCCC. The Morgan fingerprint density at radius 3 is 1.46 bits per heavy atom. The molecule has 1 aliphatic carbocycles. The summed E-state index contributed by atoms with van der Waals surface area (Å²) in [7, 11) is 0. The maximum atomic E-state index is 2.27. The van der Waals surface area contributed by atoms with Gasteiger partial charge in [-0.2, -0.15) is 0 Å². The molecule has 1 aliphatic rings. The van der Waals surface area contributed by atoms with Gasteiger partial charge in [0, 0.05) is 0 Å². The fraction of sp³-hybridized carbons (Fsp3) is 0.846. The molecule has 0 aromatic rings. The van der Waals surface area contributed by atoms with Gasteiger partial charge < -0.3 is 0 Å². The van der Waals surface area contributed by atoms with Crippen molar-refractivity contribution in [1.29, 1.82) is 0 Å². The van der Waals surface area contributed by atoms with Crippen molar-refractivity contribution in [2.45, 2.75) is 71.6 Å². The van der Waals surface area contributed by atoms with Crippen LogP contribution in [0.15, 0.2) is 12.2 Å². The molecule has 0 aliphatic heterocycles. The highest BCUT2D eigenvalue weighted by Crippen LogP contribution is 2.07. The first kappa shape index (κ1) is 12.7. The molecule has 0 heteroatoms. The van der Waals surface area contributed by atoms with Gasteiger partial charge in [0.1, 0.15) is 0 Å². The molecule has 0 saturated heterocycles. The maximum absolute atomic E-state index is 2.27. The van der Waals surface area contributed by atoms with E-state index < -0.39 is 0 Å². The van der Waals surface area contributed by atoms with Gasteiger partial charge in [-0.3, -0.25) is 0 Å². The Kier molecular flexibility index (Phi) is 11.5. The molecular formula is C13H26. The van der Waals surface area contributed by atoms with Crippen LogP contribution in [-0.2, 0) is 0 Å². The number of unbranched alkanes of at least 4 members (excludes halogenated alkanes) is 4. The van der Waals surface area contributed by atoms with E-state index in [4.69, 9.17) is 0 Å². The molecule has 0 saturated carbocycles. The Hall–Kier alpha value is -0.260. The maximum Gasteiger partial charge on any atom is -0.0351 e. The van der Waals surface area contributed by atoms with Crippen molar-refractivity contribution in [3.8, 4) is 0 Å². The molecule has 0 amide bonds. The van der Waals surface area contributed by atoms with Crippen LogP contribution in [0.25, 0.3) is 0 Å². The van der Waals surface area contributed by atoms with E-state index in [9.17, 15) is 0 Å². The third-order valence-electron chi connectivity index (χ3n) is 2.37. The first-order valence-electron chi connectivity index (χ1n) is 6.06. The molecule has 0 bridgehead atoms. The second-order valence-electron chi connectivity index (χ2n) is 3.82. The monoisotopic (exact) mass is 182 g/mol. The molecule has 78 valence electrons. The summed E-state index contributed by atoms with van der Waals surface area (Å²) in [5.41, 5.74) is 0. The Bertz CT molecular complexity index is 90.6. The lowest BCUT2D eigenvalue weighted by atomic mass is 10.1. The minimum Gasteiger partial charge on any atom is -0.0885 e. The highest BCUT2D eigenvalue weighted by Gasteiger charge is 1.87. The van der Waals surface area contributed by atoms with Gasteiger partial charge in [-0.15, -0.1) is 0 Å². The van der Waals surface area contributed by atoms with E-state index in [0.29, 0.717) is 0 Å². The van der Waals surface area contributed by atoms with E-state index in [-0.39, 0.29) is 0 Å². The summed E-state index contributed by atoms with van der Waals surface area (Å²) in [5, 5.41) is 0. The molecule has 0 aromatic heterocycles. The van der Waals surface area contributed by atoms with E-state index in [1.54, 1.807) is 0 Å². The highest BCUT2D eigenvalue weighted by molar-refractivity contribution is 4.85. The number of hydrogen-bond acceptors (Lipinski definition) is 0. The molecule has 0 radical (unpaired) electrons. The summed E-state index contributed by atoms with van der Waals surface area (Å²) in [6.07, 6.45) is 17.0. The lowest BCUT2D eigenvalue weighted by Crippen LogP contribution is -1.77. The van der Waals surface area contributed by atoms with Gasteiger partial charge in [0.2, 0.25) is 0 Å². The minimum absolute atomic E-state index is 1.32. The second kappa shape index (κ2) is 11.7. The molecule has 0 spiro atoms. The van der Waals surface area contributed by atoms with Crippen LogP contribution in [-0.4, -0.2) is 0 Å². The molecule has 0 heterocycles. The van der Waals surface area contributed by atoms with Gasteiger partial charge in [-0.25, -0.2) is 0 Å². The lowest BCUT2D eigenvalue weighted by molar-refractivity contribution is 0.656. The van der Waals surface area contributed by atoms with Crippen LogP contribution in [0.1, 0.15) is 71.6 Å². The van der Waals surface area contributed by atoms with Crippen LogP contribution in [0.3, 0.4) is 0 Å². The molecule has 1 rings (SSSR count). The average Bonchev–Trinajstić information content (AvgIpc) is 2.22. The van der Waals surface area contributed by atoms with Crippen molar-refractivity contribution in [3.63, 3.8) is 0 Å². The Balaban J connectivity index is 0.000000223. The Labute approximate surface area is 84.4 Å². The summed E-state index contributed by atoms with van der Waals surface area (Å²) >= 11 is 0. The van der Waals surface area contributed by atoms with Crippen molar-refractivity contribution in [1.82, 2.24) is 0 Å².